The molecule has 2 nitrogen and oxygen atoms in total. The zero-order chi connectivity index (χ0) is 9.15. The van der Waals surface area contributed by atoms with Gasteiger partial charge in [0.25, 0.3) is 0 Å². The van der Waals surface area contributed by atoms with Gasteiger partial charge in [0.1, 0.15) is 0 Å². The van der Waals surface area contributed by atoms with Crippen LogP contribution in [0.2, 0.25) is 0 Å². The first kappa shape index (κ1) is 9.47. The van der Waals surface area contributed by atoms with Crippen LogP contribution < -0.4 is 5.73 Å². The molecule has 0 aromatic carbocycles. The van der Waals surface area contributed by atoms with Crippen LogP contribution in [-0.2, 0) is 0 Å². The molecular formula is C11H22N2. The maximum atomic E-state index is 5.50. The van der Waals surface area contributed by atoms with Crippen LogP contribution in [0.15, 0.2) is 0 Å². The average Bonchev–Trinajstić information content (AvgIpc) is 2.13. The van der Waals surface area contributed by atoms with E-state index in [9.17, 15) is 0 Å². The van der Waals surface area contributed by atoms with E-state index in [-0.39, 0.29) is 0 Å². The molecule has 0 aromatic rings. The van der Waals surface area contributed by atoms with Crippen LogP contribution in [0, 0.1) is 5.41 Å². The van der Waals surface area contributed by atoms with Crippen molar-refractivity contribution in [2.45, 2.75) is 38.5 Å². The molecule has 2 fully saturated rings. The van der Waals surface area contributed by atoms with Crippen LogP contribution in [-0.4, -0.2) is 31.1 Å². The number of nitrogens with zero attached hydrogens (tertiary/aromatic N) is 1. The number of nitrogens with two attached hydrogens (primary N) is 1. The lowest BCUT2D eigenvalue weighted by Crippen LogP contribution is -2.57. The van der Waals surface area contributed by atoms with Gasteiger partial charge < -0.3 is 10.6 Å². The molecule has 0 amide bonds. The molecule has 0 radical (unpaired) electrons. The fourth-order valence-corrected chi connectivity index (χ4v) is 2.99. The molecule has 2 N–H and O–H groups in total. The van der Waals surface area contributed by atoms with Gasteiger partial charge in [0.05, 0.1) is 0 Å². The van der Waals surface area contributed by atoms with Crippen molar-refractivity contribution in [1.29, 1.82) is 0 Å². The summed E-state index contributed by atoms with van der Waals surface area (Å²) in [4.78, 5) is 2.58. The maximum Gasteiger partial charge on any atom is 0.00505 e. The highest BCUT2D eigenvalue weighted by atomic mass is 15.2. The van der Waals surface area contributed by atoms with Crippen molar-refractivity contribution >= 4 is 0 Å². The van der Waals surface area contributed by atoms with Gasteiger partial charge in [0.15, 0.2) is 0 Å². The largest absolute Gasteiger partial charge is 0.330 e. The first-order valence-corrected chi connectivity index (χ1v) is 5.77. The third kappa shape index (κ3) is 2.05. The van der Waals surface area contributed by atoms with Crippen LogP contribution in [0.4, 0.5) is 0 Å². The normalized spacial score (nSPS) is 27.5. The molecule has 1 heterocycles. The summed E-state index contributed by atoms with van der Waals surface area (Å²) in [5.74, 6) is 0. The maximum absolute atomic E-state index is 5.50. The molecule has 1 aliphatic heterocycles. The Kier molecular flexibility index (Phi) is 2.89. The second-order valence-corrected chi connectivity index (χ2v) is 4.91. The molecule has 0 bridgehead atoms. The molecule has 1 saturated carbocycles. The number of rotatable bonds is 3. The molecule has 76 valence electrons. The zero-order valence-corrected chi connectivity index (χ0v) is 8.60. The summed E-state index contributed by atoms with van der Waals surface area (Å²) in [6.45, 7) is 4.82. The molecule has 0 aromatic heterocycles. The standard InChI is InChI=1S/C11H22N2/c12-7-4-8-13-9-11(10-13)5-2-1-3-6-11/h1-10,12H2. The van der Waals surface area contributed by atoms with Crippen LogP contribution >= 0.6 is 0 Å². The lowest BCUT2D eigenvalue weighted by atomic mass is 9.68. The third-order valence-corrected chi connectivity index (χ3v) is 3.71. The quantitative estimate of drug-likeness (QED) is 0.718. The monoisotopic (exact) mass is 182 g/mol. The van der Waals surface area contributed by atoms with Gasteiger partial charge >= 0.3 is 0 Å². The van der Waals surface area contributed by atoms with Crippen LogP contribution in [0.25, 0.3) is 0 Å². The minimum absolute atomic E-state index is 0.757. The Morgan fingerprint density at radius 2 is 1.77 bits per heavy atom. The molecule has 0 unspecified atom stereocenters. The SMILES string of the molecule is NCCCN1CC2(CCCCC2)C1. The summed E-state index contributed by atoms with van der Waals surface area (Å²) in [5, 5.41) is 0. The van der Waals surface area contributed by atoms with Gasteiger partial charge in [-0.1, -0.05) is 19.3 Å². The lowest BCUT2D eigenvalue weighted by molar-refractivity contribution is -0.0277. The Labute approximate surface area is 81.5 Å². The first-order chi connectivity index (χ1) is 6.35. The Morgan fingerprint density at radius 1 is 1.08 bits per heavy atom. The van der Waals surface area contributed by atoms with Gasteiger partial charge in [0.2, 0.25) is 0 Å². The molecule has 1 saturated heterocycles. The van der Waals surface area contributed by atoms with E-state index < -0.39 is 0 Å². The highest BCUT2D eigenvalue weighted by Gasteiger charge is 2.42. The highest BCUT2D eigenvalue weighted by molar-refractivity contribution is 4.96. The van der Waals surface area contributed by atoms with E-state index >= 15 is 0 Å². The topological polar surface area (TPSA) is 29.3 Å². The van der Waals surface area contributed by atoms with Crippen molar-refractivity contribution in [2.75, 3.05) is 26.2 Å². The average molecular weight is 182 g/mol. The molecular weight excluding hydrogens is 160 g/mol. The summed E-state index contributed by atoms with van der Waals surface area (Å²) >= 11 is 0. The molecule has 2 heteroatoms. The van der Waals surface area contributed by atoms with Crippen LogP contribution in [0.5, 0.6) is 0 Å². The highest BCUT2D eigenvalue weighted by Crippen LogP contribution is 2.43. The zero-order valence-electron chi connectivity index (χ0n) is 8.60. The summed E-state index contributed by atoms with van der Waals surface area (Å²) in [7, 11) is 0. The lowest BCUT2D eigenvalue weighted by Gasteiger charge is -2.52. The predicted octanol–water partition coefficient (Wildman–Crippen LogP) is 1.60. The smallest absolute Gasteiger partial charge is 0.00505 e. The van der Waals surface area contributed by atoms with Gasteiger partial charge in [-0.15, -0.1) is 0 Å². The molecule has 1 aliphatic carbocycles. The van der Waals surface area contributed by atoms with Gasteiger partial charge in [-0.25, -0.2) is 0 Å². The summed E-state index contributed by atoms with van der Waals surface area (Å²) in [6.07, 6.45) is 8.59. The van der Waals surface area contributed by atoms with E-state index in [1.165, 1.54) is 58.2 Å². The summed E-state index contributed by atoms with van der Waals surface area (Å²) in [5.41, 5.74) is 6.26. The molecule has 2 aliphatic rings. The Hall–Kier alpha value is -0.0800. The first-order valence-electron chi connectivity index (χ1n) is 5.77. The van der Waals surface area contributed by atoms with Gasteiger partial charge in [-0.05, 0) is 37.8 Å². The Bertz CT molecular complexity index is 153. The molecule has 0 atom stereocenters. The fraction of sp³-hybridized carbons (Fsp3) is 1.00. The van der Waals surface area contributed by atoms with Crippen LogP contribution in [0.3, 0.4) is 0 Å². The second kappa shape index (κ2) is 3.97. The van der Waals surface area contributed by atoms with Crippen molar-refractivity contribution in [2.24, 2.45) is 11.1 Å². The summed E-state index contributed by atoms with van der Waals surface area (Å²) in [6, 6.07) is 0. The second-order valence-electron chi connectivity index (χ2n) is 4.91. The van der Waals surface area contributed by atoms with E-state index in [1.54, 1.807) is 0 Å². The van der Waals surface area contributed by atoms with E-state index in [1.807, 2.05) is 0 Å². The Balaban J connectivity index is 1.69. The van der Waals surface area contributed by atoms with Crippen molar-refractivity contribution in [1.82, 2.24) is 4.90 Å². The predicted molar refractivity (Wildman–Crippen MR) is 55.6 cm³/mol. The van der Waals surface area contributed by atoms with E-state index in [4.69, 9.17) is 5.73 Å². The van der Waals surface area contributed by atoms with Crippen molar-refractivity contribution in [3.8, 4) is 0 Å². The van der Waals surface area contributed by atoms with Gasteiger partial charge in [-0.3, -0.25) is 0 Å². The minimum Gasteiger partial charge on any atom is -0.330 e. The number of likely N-dealkylation sites (tertiary alicyclic amines) is 1. The van der Waals surface area contributed by atoms with Crippen LogP contribution in [0.1, 0.15) is 38.5 Å². The van der Waals surface area contributed by atoms with Gasteiger partial charge in [0, 0.05) is 13.1 Å². The number of hydrogen-bond acceptors (Lipinski definition) is 2. The molecule has 2 rings (SSSR count). The minimum atomic E-state index is 0.757. The van der Waals surface area contributed by atoms with Crippen molar-refractivity contribution in [3.63, 3.8) is 0 Å². The van der Waals surface area contributed by atoms with Crippen molar-refractivity contribution < 1.29 is 0 Å². The fourth-order valence-electron chi connectivity index (χ4n) is 2.99. The van der Waals surface area contributed by atoms with Gasteiger partial charge in [-0.2, -0.15) is 0 Å². The number of hydrogen-bond donors (Lipinski definition) is 1. The molecule has 1 spiro atoms. The van der Waals surface area contributed by atoms with E-state index in [2.05, 4.69) is 4.90 Å². The van der Waals surface area contributed by atoms with E-state index in [0.717, 1.165) is 12.0 Å². The Morgan fingerprint density at radius 3 is 2.38 bits per heavy atom. The third-order valence-electron chi connectivity index (χ3n) is 3.71. The summed E-state index contributed by atoms with van der Waals surface area (Å²) < 4.78 is 0. The van der Waals surface area contributed by atoms with Crippen molar-refractivity contribution in [3.05, 3.63) is 0 Å². The molecule has 13 heavy (non-hydrogen) atoms. The van der Waals surface area contributed by atoms with E-state index in [0.29, 0.717) is 0 Å².